The smallest absolute Gasteiger partial charge is 0.322 e. The first-order valence-corrected chi connectivity index (χ1v) is 5.70. The Bertz CT molecular complexity index is 540. The Hall–Kier alpha value is -1.95. The summed E-state index contributed by atoms with van der Waals surface area (Å²) in [5.41, 5.74) is 1.03. The summed E-state index contributed by atoms with van der Waals surface area (Å²) < 4.78 is 7.02. The molecule has 0 spiro atoms. The van der Waals surface area contributed by atoms with Crippen LogP contribution in [0.4, 0.5) is 0 Å². The molecule has 0 saturated carbocycles. The molecule has 2 heterocycles. The summed E-state index contributed by atoms with van der Waals surface area (Å²) in [5.74, 6) is 0.373. The van der Waals surface area contributed by atoms with Crippen LogP contribution in [0.15, 0.2) is 30.9 Å². The number of rotatable bonds is 5. The first-order valence-electron chi connectivity index (χ1n) is 5.32. The molecule has 0 saturated heterocycles. The molecule has 0 fully saturated rings. The van der Waals surface area contributed by atoms with Crippen LogP contribution in [0.3, 0.4) is 0 Å². The van der Waals surface area contributed by atoms with Gasteiger partial charge in [0.05, 0.1) is 6.61 Å². The summed E-state index contributed by atoms with van der Waals surface area (Å²) in [5, 5.41) is 0.0824. The third-order valence-corrected chi connectivity index (χ3v) is 2.24. The minimum absolute atomic E-state index is 0.0824. The third kappa shape index (κ3) is 3.27. The van der Waals surface area contributed by atoms with Crippen molar-refractivity contribution in [2.45, 2.75) is 13.3 Å². The number of hydrogen-bond donors (Lipinski definition) is 0. The SMILES string of the molecule is C=C(C)CCOc1nc(Cl)nc(-n2ccnc2)n1. The van der Waals surface area contributed by atoms with Gasteiger partial charge in [-0.2, -0.15) is 15.0 Å². The second-order valence-corrected chi connectivity index (χ2v) is 4.05. The monoisotopic (exact) mass is 265 g/mol. The van der Waals surface area contributed by atoms with Gasteiger partial charge in [0.25, 0.3) is 0 Å². The van der Waals surface area contributed by atoms with Gasteiger partial charge in [0.1, 0.15) is 6.33 Å². The van der Waals surface area contributed by atoms with E-state index in [1.54, 1.807) is 23.3 Å². The van der Waals surface area contributed by atoms with Crippen LogP contribution in [0.2, 0.25) is 5.28 Å². The van der Waals surface area contributed by atoms with Crippen LogP contribution >= 0.6 is 11.6 Å². The van der Waals surface area contributed by atoms with E-state index >= 15 is 0 Å². The number of imidazole rings is 1. The number of halogens is 1. The van der Waals surface area contributed by atoms with Crippen LogP contribution in [0.1, 0.15) is 13.3 Å². The van der Waals surface area contributed by atoms with E-state index in [-0.39, 0.29) is 11.3 Å². The zero-order valence-electron chi connectivity index (χ0n) is 9.88. The molecular formula is C11H12ClN5O. The fourth-order valence-corrected chi connectivity index (χ4v) is 1.34. The molecule has 2 aromatic rings. The lowest BCUT2D eigenvalue weighted by Crippen LogP contribution is -2.06. The van der Waals surface area contributed by atoms with E-state index in [1.807, 2.05) is 6.92 Å². The highest BCUT2D eigenvalue weighted by Gasteiger charge is 2.07. The summed E-state index contributed by atoms with van der Waals surface area (Å²) in [6.07, 6.45) is 5.65. The molecule has 0 aliphatic carbocycles. The first kappa shape index (κ1) is 12.5. The lowest BCUT2D eigenvalue weighted by molar-refractivity contribution is 0.294. The summed E-state index contributed by atoms with van der Waals surface area (Å²) in [4.78, 5) is 15.9. The van der Waals surface area contributed by atoms with Crippen molar-refractivity contribution in [3.63, 3.8) is 0 Å². The maximum Gasteiger partial charge on any atom is 0.322 e. The van der Waals surface area contributed by atoms with Crippen molar-refractivity contribution in [1.82, 2.24) is 24.5 Å². The fourth-order valence-electron chi connectivity index (χ4n) is 1.20. The standard InChI is InChI=1S/C11H12ClN5O/c1-8(2)3-6-18-11-15-9(12)14-10(16-11)17-5-4-13-7-17/h4-5,7H,1,3,6H2,2H3. The first-order chi connectivity index (χ1) is 8.65. The van der Waals surface area contributed by atoms with Gasteiger partial charge in [-0.3, -0.25) is 4.57 Å². The second kappa shape index (κ2) is 5.59. The molecule has 0 amide bonds. The predicted octanol–water partition coefficient (Wildman–Crippen LogP) is 2.06. The van der Waals surface area contributed by atoms with Crippen molar-refractivity contribution in [3.05, 3.63) is 36.2 Å². The Labute approximate surface area is 109 Å². The van der Waals surface area contributed by atoms with Gasteiger partial charge in [0, 0.05) is 18.8 Å². The van der Waals surface area contributed by atoms with Crippen LogP contribution in [-0.2, 0) is 0 Å². The number of ether oxygens (including phenoxy) is 1. The molecule has 0 radical (unpaired) electrons. The van der Waals surface area contributed by atoms with Crippen molar-refractivity contribution >= 4 is 11.6 Å². The van der Waals surface area contributed by atoms with Crippen molar-refractivity contribution in [1.29, 1.82) is 0 Å². The molecule has 0 unspecified atom stereocenters. The quantitative estimate of drug-likeness (QED) is 0.774. The molecule has 7 heteroatoms. The molecule has 0 aliphatic heterocycles. The van der Waals surface area contributed by atoms with E-state index in [1.165, 1.54) is 0 Å². The minimum atomic E-state index is 0.0824. The van der Waals surface area contributed by atoms with Gasteiger partial charge in [-0.25, -0.2) is 4.98 Å². The Morgan fingerprint density at radius 3 is 2.94 bits per heavy atom. The van der Waals surface area contributed by atoms with Crippen LogP contribution in [0.5, 0.6) is 6.01 Å². The van der Waals surface area contributed by atoms with Gasteiger partial charge in [-0.1, -0.05) is 5.57 Å². The number of nitrogens with zero attached hydrogens (tertiary/aromatic N) is 5. The van der Waals surface area contributed by atoms with E-state index in [0.717, 1.165) is 12.0 Å². The van der Waals surface area contributed by atoms with Gasteiger partial charge < -0.3 is 4.74 Å². The lowest BCUT2D eigenvalue weighted by Gasteiger charge is -2.06. The molecule has 18 heavy (non-hydrogen) atoms. The molecule has 0 aromatic carbocycles. The second-order valence-electron chi connectivity index (χ2n) is 3.71. The Kier molecular flexibility index (Phi) is 3.88. The van der Waals surface area contributed by atoms with Crippen molar-refractivity contribution in [2.24, 2.45) is 0 Å². The highest BCUT2D eigenvalue weighted by molar-refractivity contribution is 6.28. The lowest BCUT2D eigenvalue weighted by atomic mass is 10.3. The summed E-state index contributed by atoms with van der Waals surface area (Å²) >= 11 is 5.81. The fraction of sp³-hybridized carbons (Fsp3) is 0.273. The van der Waals surface area contributed by atoms with Gasteiger partial charge in [0.2, 0.25) is 11.2 Å². The minimum Gasteiger partial charge on any atom is -0.463 e. The zero-order valence-corrected chi connectivity index (χ0v) is 10.6. The van der Waals surface area contributed by atoms with Gasteiger partial charge in [-0.15, -0.1) is 6.58 Å². The summed E-state index contributed by atoms with van der Waals surface area (Å²) in [7, 11) is 0. The maximum absolute atomic E-state index is 5.81. The van der Waals surface area contributed by atoms with E-state index < -0.39 is 0 Å². The highest BCUT2D eigenvalue weighted by Crippen LogP contribution is 2.11. The van der Waals surface area contributed by atoms with Crippen LogP contribution < -0.4 is 4.74 Å². The molecule has 94 valence electrons. The summed E-state index contributed by atoms with van der Waals surface area (Å²) in [6.45, 7) is 6.18. The Morgan fingerprint density at radius 1 is 1.44 bits per heavy atom. The zero-order chi connectivity index (χ0) is 13.0. The molecule has 6 nitrogen and oxygen atoms in total. The topological polar surface area (TPSA) is 65.7 Å². The van der Waals surface area contributed by atoms with Crippen LogP contribution in [0.25, 0.3) is 5.95 Å². The molecule has 0 aliphatic rings. The summed E-state index contributed by atoms with van der Waals surface area (Å²) in [6, 6.07) is 0.194. The molecule has 2 aromatic heterocycles. The largest absolute Gasteiger partial charge is 0.463 e. The van der Waals surface area contributed by atoms with Crippen molar-refractivity contribution < 1.29 is 4.74 Å². The third-order valence-electron chi connectivity index (χ3n) is 2.07. The molecule has 0 atom stereocenters. The molecule has 2 rings (SSSR count). The van der Waals surface area contributed by atoms with E-state index in [2.05, 4.69) is 26.5 Å². The van der Waals surface area contributed by atoms with Crippen LogP contribution in [0, 0.1) is 0 Å². The maximum atomic E-state index is 5.81. The van der Waals surface area contributed by atoms with Crippen molar-refractivity contribution in [2.75, 3.05) is 6.61 Å². The van der Waals surface area contributed by atoms with E-state index in [9.17, 15) is 0 Å². The average Bonchev–Trinajstić information content (AvgIpc) is 2.81. The number of aromatic nitrogens is 5. The molecule has 0 N–H and O–H groups in total. The molecule has 0 bridgehead atoms. The van der Waals surface area contributed by atoms with E-state index in [4.69, 9.17) is 16.3 Å². The van der Waals surface area contributed by atoms with Gasteiger partial charge >= 0.3 is 6.01 Å². The number of hydrogen-bond acceptors (Lipinski definition) is 5. The van der Waals surface area contributed by atoms with Crippen LogP contribution in [-0.4, -0.2) is 31.1 Å². The van der Waals surface area contributed by atoms with Gasteiger partial charge in [0.15, 0.2) is 0 Å². The molecular weight excluding hydrogens is 254 g/mol. The average molecular weight is 266 g/mol. The normalized spacial score (nSPS) is 10.3. The Balaban J connectivity index is 2.14. The van der Waals surface area contributed by atoms with Gasteiger partial charge in [-0.05, 0) is 18.5 Å². The Morgan fingerprint density at radius 2 is 2.28 bits per heavy atom. The van der Waals surface area contributed by atoms with Crippen molar-refractivity contribution in [3.8, 4) is 12.0 Å². The predicted molar refractivity (Wildman–Crippen MR) is 66.9 cm³/mol. The highest BCUT2D eigenvalue weighted by atomic mass is 35.5. The van der Waals surface area contributed by atoms with E-state index in [0.29, 0.717) is 12.6 Å².